The molecule has 0 bridgehead atoms. The molecule has 0 aliphatic carbocycles. The van der Waals surface area contributed by atoms with Crippen molar-refractivity contribution < 1.29 is 19.4 Å². The average molecular weight is 416 g/mol. The topological polar surface area (TPSA) is 137 Å². The molecule has 2 rings (SSSR count). The van der Waals surface area contributed by atoms with Crippen molar-refractivity contribution in [1.29, 1.82) is 0 Å². The Balaban J connectivity index is 1.83. The van der Waals surface area contributed by atoms with Crippen molar-refractivity contribution in [2.24, 2.45) is 0 Å². The Morgan fingerprint density at radius 3 is 1.97 bits per heavy atom. The standard InChI is InChI=1S/C20H24N4O6/c1-2-30-20(25)19(22-16-8-12-18(13-9-16)24(28)29)5-3-4-14-21-15-6-10-17(11-7-15)23(26)27/h6-13,19,21-22H,2-5,14H2,1H3. The summed E-state index contributed by atoms with van der Waals surface area (Å²) in [6, 6.07) is 11.5. The summed E-state index contributed by atoms with van der Waals surface area (Å²) in [6.45, 7) is 2.64. The first kappa shape index (κ1) is 22.6. The molecule has 0 saturated carbocycles. The number of nitro benzene ring substituents is 2. The van der Waals surface area contributed by atoms with Gasteiger partial charge in [-0.2, -0.15) is 0 Å². The molecule has 0 aliphatic heterocycles. The third-order valence-corrected chi connectivity index (χ3v) is 4.32. The SMILES string of the molecule is CCOC(=O)C(CCCCNc1ccc([N+](=O)[O-])cc1)Nc1ccc([N+](=O)[O-])cc1. The van der Waals surface area contributed by atoms with Crippen LogP contribution in [-0.4, -0.2) is 35.0 Å². The number of benzene rings is 2. The number of unbranched alkanes of at least 4 members (excludes halogenated alkanes) is 1. The molecule has 0 radical (unpaired) electrons. The summed E-state index contributed by atoms with van der Waals surface area (Å²) in [7, 11) is 0. The van der Waals surface area contributed by atoms with Crippen LogP contribution in [-0.2, 0) is 9.53 Å². The maximum absolute atomic E-state index is 12.2. The molecular weight excluding hydrogens is 392 g/mol. The van der Waals surface area contributed by atoms with Crippen molar-refractivity contribution in [3.8, 4) is 0 Å². The van der Waals surface area contributed by atoms with Crippen molar-refractivity contribution in [2.45, 2.75) is 32.2 Å². The molecule has 10 heteroatoms. The van der Waals surface area contributed by atoms with Gasteiger partial charge in [-0.15, -0.1) is 0 Å². The first-order valence-corrected chi connectivity index (χ1v) is 9.56. The van der Waals surface area contributed by atoms with Gasteiger partial charge in [-0.25, -0.2) is 4.79 Å². The molecule has 30 heavy (non-hydrogen) atoms. The summed E-state index contributed by atoms with van der Waals surface area (Å²) in [5.74, 6) is -0.376. The number of nitrogens with one attached hydrogen (secondary N) is 2. The van der Waals surface area contributed by atoms with Crippen LogP contribution in [0.5, 0.6) is 0 Å². The van der Waals surface area contributed by atoms with Crippen LogP contribution >= 0.6 is 0 Å². The van der Waals surface area contributed by atoms with Crippen LogP contribution in [0.2, 0.25) is 0 Å². The molecular formula is C20H24N4O6. The van der Waals surface area contributed by atoms with Gasteiger partial charge in [0.05, 0.1) is 16.5 Å². The highest BCUT2D eigenvalue weighted by Gasteiger charge is 2.19. The van der Waals surface area contributed by atoms with Gasteiger partial charge in [0.25, 0.3) is 11.4 Å². The molecule has 2 aromatic carbocycles. The van der Waals surface area contributed by atoms with E-state index in [4.69, 9.17) is 4.74 Å². The molecule has 0 heterocycles. The second-order valence-corrected chi connectivity index (χ2v) is 6.48. The Bertz CT molecular complexity index is 855. The molecule has 0 fully saturated rings. The average Bonchev–Trinajstić information content (AvgIpc) is 2.73. The first-order valence-electron chi connectivity index (χ1n) is 9.56. The van der Waals surface area contributed by atoms with Gasteiger partial charge in [0, 0.05) is 42.2 Å². The van der Waals surface area contributed by atoms with Crippen LogP contribution in [0.1, 0.15) is 26.2 Å². The van der Waals surface area contributed by atoms with Crippen molar-refractivity contribution in [2.75, 3.05) is 23.8 Å². The van der Waals surface area contributed by atoms with Crippen LogP contribution in [0.3, 0.4) is 0 Å². The predicted molar refractivity (Wildman–Crippen MR) is 113 cm³/mol. The smallest absolute Gasteiger partial charge is 0.328 e. The largest absolute Gasteiger partial charge is 0.464 e. The quantitative estimate of drug-likeness (QED) is 0.228. The molecule has 0 saturated heterocycles. The molecule has 1 atom stereocenters. The number of non-ortho nitro benzene ring substituents is 2. The summed E-state index contributed by atoms with van der Waals surface area (Å²) >= 11 is 0. The third kappa shape index (κ3) is 7.04. The summed E-state index contributed by atoms with van der Waals surface area (Å²) in [6.07, 6.45) is 2.02. The van der Waals surface area contributed by atoms with E-state index in [0.717, 1.165) is 18.5 Å². The molecule has 0 aliphatic rings. The van der Waals surface area contributed by atoms with E-state index in [1.807, 2.05) is 0 Å². The van der Waals surface area contributed by atoms with Gasteiger partial charge >= 0.3 is 5.97 Å². The highest BCUT2D eigenvalue weighted by Crippen LogP contribution is 2.19. The van der Waals surface area contributed by atoms with Gasteiger partial charge in [0.2, 0.25) is 0 Å². The van der Waals surface area contributed by atoms with Crippen molar-refractivity contribution in [3.63, 3.8) is 0 Å². The lowest BCUT2D eigenvalue weighted by atomic mass is 10.1. The Hall–Kier alpha value is -3.69. The fourth-order valence-electron chi connectivity index (χ4n) is 2.78. The number of carbonyl (C=O) groups excluding carboxylic acids is 1. The third-order valence-electron chi connectivity index (χ3n) is 4.32. The fourth-order valence-corrected chi connectivity index (χ4v) is 2.78. The van der Waals surface area contributed by atoms with Gasteiger partial charge in [-0.1, -0.05) is 0 Å². The van der Waals surface area contributed by atoms with Crippen molar-refractivity contribution in [3.05, 3.63) is 68.8 Å². The van der Waals surface area contributed by atoms with E-state index in [1.165, 1.54) is 24.3 Å². The zero-order valence-electron chi connectivity index (χ0n) is 16.6. The van der Waals surface area contributed by atoms with E-state index in [-0.39, 0.29) is 24.0 Å². The van der Waals surface area contributed by atoms with Crippen LogP contribution < -0.4 is 10.6 Å². The molecule has 0 aromatic heterocycles. The highest BCUT2D eigenvalue weighted by atomic mass is 16.6. The van der Waals surface area contributed by atoms with Crippen LogP contribution in [0.4, 0.5) is 22.7 Å². The number of hydrogen-bond acceptors (Lipinski definition) is 8. The summed E-state index contributed by atoms with van der Waals surface area (Å²) in [5, 5.41) is 27.7. The summed E-state index contributed by atoms with van der Waals surface area (Å²) < 4.78 is 5.11. The van der Waals surface area contributed by atoms with E-state index < -0.39 is 15.9 Å². The molecule has 0 spiro atoms. The van der Waals surface area contributed by atoms with Gasteiger partial charge in [-0.05, 0) is 50.5 Å². The fraction of sp³-hybridized carbons (Fsp3) is 0.350. The van der Waals surface area contributed by atoms with Gasteiger partial charge in [-0.3, -0.25) is 20.2 Å². The number of ether oxygens (including phenoxy) is 1. The Morgan fingerprint density at radius 2 is 1.47 bits per heavy atom. The highest BCUT2D eigenvalue weighted by molar-refractivity contribution is 5.79. The molecule has 160 valence electrons. The van der Waals surface area contributed by atoms with E-state index in [0.29, 0.717) is 18.7 Å². The number of hydrogen-bond donors (Lipinski definition) is 2. The Labute approximate surface area is 173 Å². The lowest BCUT2D eigenvalue weighted by Crippen LogP contribution is -2.31. The van der Waals surface area contributed by atoms with Crippen molar-refractivity contribution >= 4 is 28.7 Å². The Morgan fingerprint density at radius 1 is 0.933 bits per heavy atom. The summed E-state index contributed by atoms with van der Waals surface area (Å²) in [4.78, 5) is 32.7. The number of rotatable bonds is 12. The molecule has 2 N–H and O–H groups in total. The molecule has 1 unspecified atom stereocenters. The lowest BCUT2D eigenvalue weighted by molar-refractivity contribution is -0.385. The maximum Gasteiger partial charge on any atom is 0.328 e. The van der Waals surface area contributed by atoms with E-state index in [9.17, 15) is 25.0 Å². The van der Waals surface area contributed by atoms with Gasteiger partial charge in [0.1, 0.15) is 6.04 Å². The zero-order chi connectivity index (χ0) is 21.9. The normalized spacial score (nSPS) is 11.4. The minimum absolute atomic E-state index is 0.0226. The van der Waals surface area contributed by atoms with Crippen molar-refractivity contribution in [1.82, 2.24) is 0 Å². The van der Waals surface area contributed by atoms with E-state index in [2.05, 4.69) is 10.6 Å². The lowest BCUT2D eigenvalue weighted by Gasteiger charge is -2.18. The number of esters is 1. The Kier molecular flexibility index (Phi) is 8.55. The number of nitro groups is 2. The summed E-state index contributed by atoms with van der Waals surface area (Å²) in [5.41, 5.74) is 1.40. The monoisotopic (exact) mass is 416 g/mol. The number of anilines is 2. The molecule has 2 aromatic rings. The second kappa shape index (κ2) is 11.3. The van der Waals surface area contributed by atoms with Crippen LogP contribution in [0.15, 0.2) is 48.5 Å². The minimum Gasteiger partial charge on any atom is -0.464 e. The predicted octanol–water partition coefficient (Wildman–Crippen LogP) is 4.13. The first-order chi connectivity index (χ1) is 14.4. The maximum atomic E-state index is 12.2. The van der Waals surface area contributed by atoms with E-state index in [1.54, 1.807) is 31.2 Å². The van der Waals surface area contributed by atoms with Crippen LogP contribution in [0.25, 0.3) is 0 Å². The number of carbonyl (C=O) groups is 1. The van der Waals surface area contributed by atoms with Gasteiger partial charge in [0.15, 0.2) is 0 Å². The molecule has 10 nitrogen and oxygen atoms in total. The minimum atomic E-state index is -0.564. The number of nitrogens with zero attached hydrogens (tertiary/aromatic N) is 2. The molecule has 0 amide bonds. The second-order valence-electron chi connectivity index (χ2n) is 6.48. The zero-order valence-corrected chi connectivity index (χ0v) is 16.6. The van der Waals surface area contributed by atoms with Crippen LogP contribution in [0, 0.1) is 20.2 Å². The van der Waals surface area contributed by atoms with E-state index >= 15 is 0 Å². The van der Waals surface area contributed by atoms with Gasteiger partial charge < -0.3 is 15.4 Å².